The van der Waals surface area contributed by atoms with E-state index in [4.69, 9.17) is 9.47 Å². The van der Waals surface area contributed by atoms with Crippen LogP contribution >= 0.6 is 23.5 Å². The number of aliphatic hydroxyl groups is 2. The summed E-state index contributed by atoms with van der Waals surface area (Å²) < 4.78 is 53.8. The Hall–Kier alpha value is 1.16. The normalized spacial score (nSPS) is 24.9. The first-order valence-corrected chi connectivity index (χ1v) is 12.1. The maximum atomic E-state index is 11.9. The predicted octanol–water partition coefficient (Wildman–Crippen LogP) is -17.0. The van der Waals surface area contributed by atoms with Crippen molar-refractivity contribution in [1.82, 2.24) is 9.55 Å². The molecule has 178 valence electrons. The molecule has 1 aromatic rings. The molecule has 0 spiro atoms. The second-order valence-electron chi connectivity index (χ2n) is 5.71. The Morgan fingerprint density at radius 1 is 1.00 bits per heavy atom. The van der Waals surface area contributed by atoms with Gasteiger partial charge in [-0.2, -0.15) is 0 Å². The molecule has 1 aliphatic heterocycles. The molecule has 0 bridgehead atoms. The molecule has 1 fully saturated rings. The van der Waals surface area contributed by atoms with Gasteiger partial charge in [0.2, 0.25) is 5.75 Å². The first-order chi connectivity index (χ1) is 14.1. The molecule has 2 heterocycles. The summed E-state index contributed by atoms with van der Waals surface area (Å²) in [5.74, 6) is -0.373. The van der Waals surface area contributed by atoms with Crippen LogP contribution < -0.4 is 111 Å². The SMILES string of the molecule is COc1cn(C2OC(COP(=O)([O-])OP(=O)([O-])OP(=O)([O-])[O-])C(O)C2O)c(=O)[nH]c1=O.[Li+].[Li+].[Li+].[Li+]. The minimum atomic E-state index is -6.19. The fourth-order valence-corrected chi connectivity index (χ4v) is 5.21. The fraction of sp³-hybridized carbons (Fsp3) is 0.600. The van der Waals surface area contributed by atoms with Gasteiger partial charge < -0.3 is 48.3 Å². The first kappa shape index (κ1) is 40.7. The molecule has 18 nitrogen and oxygen atoms in total. The van der Waals surface area contributed by atoms with Gasteiger partial charge in [-0.15, -0.1) is 0 Å². The van der Waals surface area contributed by atoms with E-state index in [1.54, 1.807) is 0 Å². The molecule has 6 atom stereocenters. The van der Waals surface area contributed by atoms with Crippen LogP contribution in [0.1, 0.15) is 6.23 Å². The third-order valence-corrected chi connectivity index (χ3v) is 7.23. The summed E-state index contributed by atoms with van der Waals surface area (Å²) in [5.41, 5.74) is -2.00. The van der Waals surface area contributed by atoms with E-state index in [9.17, 15) is 53.1 Å². The average molecular weight is 538 g/mol. The minimum Gasteiger partial charge on any atom is -0.790 e. The zero-order valence-electron chi connectivity index (χ0n) is 19.0. The van der Waals surface area contributed by atoms with Gasteiger partial charge in [0, 0.05) is 0 Å². The van der Waals surface area contributed by atoms with Crippen molar-refractivity contribution in [2.24, 2.45) is 0 Å². The van der Waals surface area contributed by atoms with Crippen LogP contribution in [0.3, 0.4) is 0 Å². The standard InChI is InChI=1S/C10H17N2O16P3.4Li/c1-24-4-2-12(10(16)11-8(4)15)9-7(14)6(13)5(26-9)3-25-30(20,21)28-31(22,23)27-29(17,18)19;;;;/h2,5-7,9,13-14H,3H2,1H3,(H,20,21)(H,22,23)(H,11,15,16)(H2,17,18,19);;;;/q;4*+1/p-4. The summed E-state index contributed by atoms with van der Waals surface area (Å²) in [5, 5.41) is 20.0. The molecule has 35 heavy (non-hydrogen) atoms. The molecule has 1 saturated heterocycles. The van der Waals surface area contributed by atoms with Crippen LogP contribution in [0.15, 0.2) is 15.8 Å². The number of methoxy groups -OCH3 is 1. The van der Waals surface area contributed by atoms with E-state index in [0.29, 0.717) is 4.57 Å². The van der Waals surface area contributed by atoms with E-state index in [1.165, 1.54) is 0 Å². The van der Waals surface area contributed by atoms with Gasteiger partial charge in [-0.25, -0.2) is 9.11 Å². The summed E-state index contributed by atoms with van der Waals surface area (Å²) in [6, 6.07) is 0. The number of aliphatic hydroxyl groups excluding tert-OH is 2. The largest absolute Gasteiger partial charge is 1.00 e. The molecular formula is C10H13Li4N2O16P3. The minimum absolute atomic E-state index is 0. The van der Waals surface area contributed by atoms with Gasteiger partial charge in [0.1, 0.15) is 18.3 Å². The van der Waals surface area contributed by atoms with Crippen molar-refractivity contribution in [3.8, 4) is 5.75 Å². The quantitative estimate of drug-likeness (QED) is 0.194. The van der Waals surface area contributed by atoms with E-state index < -0.39 is 65.9 Å². The molecule has 3 N–H and O–H groups in total. The number of phosphoric ester groups is 1. The van der Waals surface area contributed by atoms with Crippen LogP contribution in [0.4, 0.5) is 0 Å². The van der Waals surface area contributed by atoms with E-state index in [2.05, 4.69) is 13.1 Å². The average Bonchev–Trinajstić information content (AvgIpc) is 2.85. The number of nitrogens with zero attached hydrogens (tertiary/aromatic N) is 1. The van der Waals surface area contributed by atoms with Crippen molar-refractivity contribution in [2.45, 2.75) is 24.5 Å². The van der Waals surface area contributed by atoms with E-state index in [-0.39, 0.29) is 81.2 Å². The molecule has 0 aliphatic carbocycles. The zero-order chi connectivity index (χ0) is 23.8. The molecule has 25 heteroatoms. The van der Waals surface area contributed by atoms with Crippen molar-refractivity contribution >= 4 is 23.5 Å². The van der Waals surface area contributed by atoms with Gasteiger partial charge in [-0.1, -0.05) is 0 Å². The van der Waals surface area contributed by atoms with Crippen molar-refractivity contribution in [3.63, 3.8) is 0 Å². The Labute approximate surface area is 244 Å². The molecule has 1 aromatic heterocycles. The Morgan fingerprint density at radius 2 is 1.54 bits per heavy atom. The monoisotopic (exact) mass is 538 g/mol. The third-order valence-electron chi connectivity index (χ3n) is 3.56. The van der Waals surface area contributed by atoms with Crippen LogP contribution in [0.25, 0.3) is 0 Å². The van der Waals surface area contributed by atoms with Gasteiger partial charge in [-0.3, -0.25) is 27.8 Å². The van der Waals surface area contributed by atoms with E-state index in [0.717, 1.165) is 13.3 Å². The topological polar surface area (TPSA) is 285 Å². The molecule has 0 amide bonds. The maximum absolute atomic E-state index is 11.9. The summed E-state index contributed by atoms with van der Waals surface area (Å²) in [7, 11) is -17.1. The summed E-state index contributed by atoms with van der Waals surface area (Å²) in [6.07, 6.45) is -6.30. The number of aromatic nitrogens is 2. The van der Waals surface area contributed by atoms with Crippen LogP contribution in [-0.4, -0.2) is 51.8 Å². The Morgan fingerprint density at radius 3 is 2.03 bits per heavy atom. The fourth-order valence-electron chi connectivity index (χ4n) is 2.35. The molecule has 0 saturated carbocycles. The molecule has 2 rings (SSSR count). The van der Waals surface area contributed by atoms with Crippen LogP contribution in [0, 0.1) is 0 Å². The van der Waals surface area contributed by atoms with Crippen molar-refractivity contribution in [2.75, 3.05) is 13.7 Å². The van der Waals surface area contributed by atoms with Crippen molar-refractivity contribution in [1.29, 1.82) is 0 Å². The Bertz CT molecular complexity index is 1080. The predicted molar refractivity (Wildman–Crippen MR) is 84.7 cm³/mol. The summed E-state index contributed by atoms with van der Waals surface area (Å²) in [4.78, 5) is 68.4. The van der Waals surface area contributed by atoms with Gasteiger partial charge in [0.15, 0.2) is 6.23 Å². The molecule has 0 radical (unpaired) electrons. The number of phosphoric acid groups is 3. The number of ether oxygens (including phenoxy) is 2. The number of hydrogen-bond donors (Lipinski definition) is 3. The second kappa shape index (κ2) is 15.7. The molecule has 6 unspecified atom stereocenters. The molecule has 1 aliphatic rings. The number of hydrogen-bond acceptors (Lipinski definition) is 16. The van der Waals surface area contributed by atoms with E-state index in [1.807, 2.05) is 4.98 Å². The van der Waals surface area contributed by atoms with Gasteiger partial charge >= 0.3 is 81.1 Å². The summed E-state index contributed by atoms with van der Waals surface area (Å²) >= 11 is 0. The smallest absolute Gasteiger partial charge is 0.790 e. The molecule has 0 aromatic carbocycles. The van der Waals surface area contributed by atoms with Crippen molar-refractivity contribution in [3.05, 3.63) is 27.0 Å². The first-order valence-electron chi connectivity index (χ1n) is 7.67. The van der Waals surface area contributed by atoms with Gasteiger partial charge in [-0.05, 0) is 0 Å². The number of H-pyrrole nitrogens is 1. The van der Waals surface area contributed by atoms with Crippen LogP contribution in [0.5, 0.6) is 5.75 Å². The van der Waals surface area contributed by atoms with Crippen LogP contribution in [0.2, 0.25) is 0 Å². The second-order valence-corrected chi connectivity index (χ2v) is 9.96. The van der Waals surface area contributed by atoms with Gasteiger partial charge in [0.05, 0.1) is 27.7 Å². The van der Waals surface area contributed by atoms with Gasteiger partial charge in [0.25, 0.3) is 21.2 Å². The number of nitrogens with one attached hydrogen (secondary N) is 1. The van der Waals surface area contributed by atoms with Crippen molar-refractivity contribution < 1.29 is 142 Å². The maximum Gasteiger partial charge on any atom is 1.00 e. The Kier molecular flexibility index (Phi) is 18.2. The van der Waals surface area contributed by atoms with E-state index >= 15 is 0 Å². The third kappa shape index (κ3) is 11.8. The number of aromatic amines is 1. The molecular weight excluding hydrogens is 525 g/mol. The summed E-state index contributed by atoms with van der Waals surface area (Å²) in [6.45, 7) is -1.20. The van der Waals surface area contributed by atoms with Crippen LogP contribution in [-0.2, 0) is 31.6 Å². The number of rotatable bonds is 9. The zero-order valence-corrected chi connectivity index (χ0v) is 21.7. The Balaban J connectivity index is -0.00000256.